The van der Waals surface area contributed by atoms with Gasteiger partial charge in [0.2, 0.25) is 5.88 Å². The number of nitrogens with two attached hydrogens (primary N) is 1. The van der Waals surface area contributed by atoms with E-state index in [0.29, 0.717) is 0 Å². The Morgan fingerprint density at radius 1 is 1.15 bits per heavy atom. The molecule has 1 aromatic heterocycles. The summed E-state index contributed by atoms with van der Waals surface area (Å²) >= 11 is 0. The molecule has 0 saturated heterocycles. The van der Waals surface area contributed by atoms with Crippen molar-refractivity contribution < 1.29 is 38.5 Å². The number of anilines is 1. The minimum absolute atomic E-state index is 0.0349. The summed E-state index contributed by atoms with van der Waals surface area (Å²) in [5.74, 6) is -2.69. The largest absolute Gasteiger partial charge is 0.510 e. The van der Waals surface area contributed by atoms with Crippen molar-refractivity contribution in [1.82, 2.24) is 15.6 Å². The van der Waals surface area contributed by atoms with E-state index in [4.69, 9.17) is 25.4 Å². The van der Waals surface area contributed by atoms with Gasteiger partial charge >= 0.3 is 18.0 Å². The summed E-state index contributed by atoms with van der Waals surface area (Å²) in [6.07, 6.45) is 1.11. The Balaban J connectivity index is 1.73. The summed E-state index contributed by atoms with van der Waals surface area (Å²) in [4.78, 5) is 57.6. The molecule has 1 aliphatic heterocycles. The third kappa shape index (κ3) is 8.41. The number of dihydropyridines is 1. The van der Waals surface area contributed by atoms with Crippen LogP contribution in [0.25, 0.3) is 0 Å². The lowest BCUT2D eigenvalue weighted by Gasteiger charge is -2.18. The average molecular weight is 546 g/mol. The third-order valence-corrected chi connectivity index (χ3v) is 5.33. The Kier molecular flexibility index (Phi) is 9.78. The first-order valence-corrected chi connectivity index (χ1v) is 12.3. The van der Waals surface area contributed by atoms with E-state index < -0.39 is 35.8 Å². The van der Waals surface area contributed by atoms with Crippen LogP contribution < -0.4 is 26.4 Å². The molecule has 0 spiro atoms. The van der Waals surface area contributed by atoms with Crippen molar-refractivity contribution in [2.24, 2.45) is 10.7 Å². The van der Waals surface area contributed by atoms with Crippen molar-refractivity contribution >= 4 is 41.2 Å². The summed E-state index contributed by atoms with van der Waals surface area (Å²) in [6.45, 7) is 3.54. The highest BCUT2D eigenvalue weighted by molar-refractivity contribution is 6.10. The van der Waals surface area contributed by atoms with Crippen molar-refractivity contribution in [3.63, 3.8) is 0 Å². The van der Waals surface area contributed by atoms with Crippen molar-refractivity contribution in [3.8, 4) is 5.88 Å². The summed E-state index contributed by atoms with van der Waals surface area (Å²) in [7, 11) is 0. The molecular weight excluding hydrogens is 514 g/mol. The number of aromatic nitrogens is 1. The lowest BCUT2D eigenvalue weighted by molar-refractivity contribution is -0.146. The van der Waals surface area contributed by atoms with Gasteiger partial charge in [-0.1, -0.05) is 0 Å². The van der Waals surface area contributed by atoms with E-state index in [2.05, 4.69) is 25.9 Å². The zero-order chi connectivity index (χ0) is 28.5. The van der Waals surface area contributed by atoms with Gasteiger partial charge in [-0.3, -0.25) is 15.0 Å². The Bertz CT molecular complexity index is 1210. The van der Waals surface area contributed by atoms with E-state index in [1.54, 1.807) is 13.8 Å². The molecule has 0 radical (unpaired) electrons. The molecule has 15 heteroatoms. The number of esters is 2. The van der Waals surface area contributed by atoms with Gasteiger partial charge in [-0.25, -0.2) is 19.6 Å². The van der Waals surface area contributed by atoms with E-state index in [9.17, 15) is 24.3 Å². The second-order valence-electron chi connectivity index (χ2n) is 8.52. The first-order valence-electron chi connectivity index (χ1n) is 12.3. The molecule has 3 amide bonds. The van der Waals surface area contributed by atoms with E-state index >= 15 is 0 Å². The number of nitrogens with one attached hydrogen (secondary N) is 4. The summed E-state index contributed by atoms with van der Waals surface area (Å²) in [6, 6.07) is 0.748. The maximum atomic E-state index is 12.9. The molecule has 39 heavy (non-hydrogen) atoms. The quantitative estimate of drug-likeness (QED) is 0.206. The minimum atomic E-state index is -1.12. The average Bonchev–Trinajstić information content (AvgIpc) is 3.69. The van der Waals surface area contributed by atoms with Gasteiger partial charge in [0.15, 0.2) is 5.84 Å². The fourth-order valence-electron chi connectivity index (χ4n) is 3.35. The number of nitrogens with zero attached hydrogens (tertiary/aromatic N) is 2. The number of urea groups is 1. The molecule has 2 heterocycles. The predicted molar refractivity (Wildman–Crippen MR) is 137 cm³/mol. The number of rotatable bonds is 12. The number of aliphatic hydroxyl groups excluding tert-OH is 1. The van der Waals surface area contributed by atoms with Gasteiger partial charge in [-0.15, -0.1) is 0 Å². The highest BCUT2D eigenvalue weighted by atomic mass is 16.5. The number of hydrogen-bond donors (Lipinski definition) is 6. The van der Waals surface area contributed by atoms with Crippen LogP contribution in [0.3, 0.4) is 0 Å². The van der Waals surface area contributed by atoms with Crippen molar-refractivity contribution in [1.29, 1.82) is 5.41 Å². The second-order valence-corrected chi connectivity index (χ2v) is 8.52. The van der Waals surface area contributed by atoms with E-state index in [-0.39, 0.29) is 73.1 Å². The maximum absolute atomic E-state index is 12.9. The minimum Gasteiger partial charge on any atom is -0.510 e. The highest BCUT2D eigenvalue weighted by Gasteiger charge is 2.29. The molecular formula is C24H31N7O8. The Morgan fingerprint density at radius 3 is 2.51 bits per heavy atom. The van der Waals surface area contributed by atoms with Crippen molar-refractivity contribution in [2.45, 2.75) is 58.1 Å². The fourth-order valence-corrected chi connectivity index (χ4v) is 3.35. The van der Waals surface area contributed by atoms with Gasteiger partial charge in [0.1, 0.15) is 40.8 Å². The molecule has 1 aliphatic carbocycles. The van der Waals surface area contributed by atoms with Gasteiger partial charge in [0.05, 0.1) is 19.6 Å². The third-order valence-electron chi connectivity index (χ3n) is 5.33. The van der Waals surface area contributed by atoms with Crippen LogP contribution in [0.4, 0.5) is 10.5 Å². The van der Waals surface area contributed by atoms with Gasteiger partial charge in [0.25, 0.3) is 5.91 Å². The molecule has 15 nitrogen and oxygen atoms in total. The van der Waals surface area contributed by atoms with Gasteiger partial charge in [0, 0.05) is 6.42 Å². The lowest BCUT2D eigenvalue weighted by atomic mass is 10.1. The number of carbonyl (C=O) groups is 4. The number of hydrogen-bond acceptors (Lipinski definition) is 11. The number of pyridine rings is 1. The molecule has 1 atom stereocenters. The SMILES string of the molecule is CCOC(=O)CC[C@H](NC(=O)c1ccc(NC(=O)NC2=C(O)CC(N)=NC2=N)c(OC2CC2)n1)C(=O)OCC. The Hall–Kier alpha value is -4.69. The standard InChI is InChI=1S/C24H31N7O8/c1-3-37-18(33)10-9-15(23(35)38-4-2)27-21(34)13-7-8-14(22(28-13)39-12-5-6-12)29-24(36)31-19-16(32)11-17(25)30-20(19)26/h7-8,12,15,32H,3-6,9-11H2,1-2H3,(H,27,34)(H3,25,26,30)(H2,29,31,36)/t15-/m0/s1. The van der Waals surface area contributed by atoms with Crippen LogP contribution in [-0.2, 0) is 19.1 Å². The topological polar surface area (TPSA) is 227 Å². The van der Waals surface area contributed by atoms with E-state index in [0.717, 1.165) is 12.8 Å². The van der Waals surface area contributed by atoms with Crippen LogP contribution in [0.1, 0.15) is 56.4 Å². The van der Waals surface area contributed by atoms with E-state index in [1.165, 1.54) is 12.1 Å². The zero-order valence-electron chi connectivity index (χ0n) is 21.5. The predicted octanol–water partition coefficient (Wildman–Crippen LogP) is 1.26. The van der Waals surface area contributed by atoms with Crippen molar-refractivity contribution in [3.05, 3.63) is 29.3 Å². The van der Waals surface area contributed by atoms with Crippen LogP contribution in [0, 0.1) is 5.41 Å². The van der Waals surface area contributed by atoms with Gasteiger partial charge in [-0.2, -0.15) is 0 Å². The van der Waals surface area contributed by atoms with Gasteiger partial charge in [-0.05, 0) is 45.2 Å². The summed E-state index contributed by atoms with van der Waals surface area (Å²) in [5.41, 5.74) is 5.33. The number of ether oxygens (including phenoxy) is 3. The van der Waals surface area contributed by atoms with Crippen LogP contribution >= 0.6 is 0 Å². The first kappa shape index (κ1) is 28.9. The Labute approximate surface area is 223 Å². The molecule has 210 valence electrons. The molecule has 0 aromatic carbocycles. The molecule has 1 fully saturated rings. The van der Waals surface area contributed by atoms with Crippen molar-refractivity contribution in [2.75, 3.05) is 18.5 Å². The van der Waals surface area contributed by atoms with E-state index in [1.807, 2.05) is 0 Å². The summed E-state index contributed by atoms with van der Waals surface area (Å²) in [5, 5.41) is 25.2. The normalized spacial score (nSPS) is 15.5. The lowest BCUT2D eigenvalue weighted by Crippen LogP contribution is -2.42. The Morgan fingerprint density at radius 2 is 1.87 bits per heavy atom. The molecule has 2 aliphatic rings. The second kappa shape index (κ2) is 13.2. The smallest absolute Gasteiger partial charge is 0.328 e. The number of amidine groups is 2. The number of aliphatic hydroxyl groups is 1. The monoisotopic (exact) mass is 545 g/mol. The van der Waals surface area contributed by atoms with Crippen LogP contribution in [0.5, 0.6) is 5.88 Å². The molecule has 3 rings (SSSR count). The summed E-state index contributed by atoms with van der Waals surface area (Å²) < 4.78 is 15.6. The molecule has 1 saturated carbocycles. The number of carbonyl (C=O) groups excluding carboxylic acids is 4. The van der Waals surface area contributed by atoms with Crippen LogP contribution in [0.15, 0.2) is 28.6 Å². The molecule has 7 N–H and O–H groups in total. The molecule has 0 bridgehead atoms. The van der Waals surface area contributed by atoms with Gasteiger partial charge < -0.3 is 41.0 Å². The highest BCUT2D eigenvalue weighted by Crippen LogP contribution is 2.31. The fraction of sp³-hybridized carbons (Fsp3) is 0.458. The molecule has 0 unspecified atom stereocenters. The first-order chi connectivity index (χ1) is 18.6. The van der Waals surface area contributed by atoms with Crippen LogP contribution in [0.2, 0.25) is 0 Å². The maximum Gasteiger partial charge on any atom is 0.328 e. The zero-order valence-corrected chi connectivity index (χ0v) is 21.5. The van der Waals surface area contributed by atoms with Crippen LogP contribution in [-0.4, -0.2) is 71.0 Å². The number of aliphatic imine (C=N–C) groups is 1. The number of amides is 3. The molecule has 1 aromatic rings.